The molecule has 12 nitrogen and oxygen atoms in total. The van der Waals surface area contributed by atoms with Gasteiger partial charge in [0.25, 0.3) is 0 Å². The molecule has 316 valence electrons. The van der Waals surface area contributed by atoms with Crippen molar-refractivity contribution < 1.29 is 52.7 Å². The van der Waals surface area contributed by atoms with Crippen molar-refractivity contribution in [1.29, 1.82) is 0 Å². The van der Waals surface area contributed by atoms with E-state index in [2.05, 4.69) is 12.7 Å². The molecule has 6 atom stereocenters. The van der Waals surface area contributed by atoms with E-state index in [1.54, 1.807) is 47.4 Å². The van der Waals surface area contributed by atoms with Crippen LogP contribution in [0.4, 0.5) is 9.18 Å². The summed E-state index contributed by atoms with van der Waals surface area (Å²) in [5, 5.41) is 24.4. The molecular weight excluding hydrogens is 760 g/mol. The molecular formula is C46H55FN2O10. The molecule has 1 saturated carbocycles. The van der Waals surface area contributed by atoms with Gasteiger partial charge in [0.2, 0.25) is 5.79 Å². The molecule has 1 aliphatic heterocycles. The number of carbonyl (C=O) groups is 2. The van der Waals surface area contributed by atoms with Crippen LogP contribution in [0.5, 0.6) is 23.0 Å². The number of carbonyl (C=O) groups excluding carboxylic acids is 2. The Balaban J connectivity index is 1.59. The standard InChI is InChI=1S/C46H55FN2O10/c1-5-23-56-46-42(49(45(53)55-4)28-30-13-15-33(47)16-14-30)27-39(48-57-6-2)37-25-31(11-7-9-21-50)36(12-8-10-22-51)43(44(37)46)38-26-35(18-20-41(38)59-46)58-34-17-19-40(54-3)32(24-34)29-52/h5,13-20,24-26,29,31,36,42-44,50-51H,1,6-12,21-23,27-28H2,2-4H3. The molecule has 1 amide bonds. The van der Waals surface area contributed by atoms with E-state index in [0.717, 1.165) is 36.8 Å². The topological polar surface area (TPSA) is 146 Å². The monoisotopic (exact) mass is 814 g/mol. The number of benzene rings is 3. The van der Waals surface area contributed by atoms with Gasteiger partial charge < -0.3 is 38.7 Å². The maximum absolute atomic E-state index is 14.1. The molecule has 3 aromatic rings. The highest BCUT2D eigenvalue weighted by atomic mass is 19.1. The number of hydrogen-bond donors (Lipinski definition) is 2. The van der Waals surface area contributed by atoms with Gasteiger partial charge in [0, 0.05) is 37.7 Å². The number of aldehydes is 1. The molecule has 3 aliphatic rings. The first-order chi connectivity index (χ1) is 28.7. The highest BCUT2D eigenvalue weighted by Crippen LogP contribution is 2.62. The maximum Gasteiger partial charge on any atom is 0.410 e. The van der Waals surface area contributed by atoms with E-state index >= 15 is 0 Å². The van der Waals surface area contributed by atoms with Crippen LogP contribution in [0.15, 0.2) is 90.1 Å². The molecule has 0 aromatic heterocycles. The van der Waals surface area contributed by atoms with E-state index in [-0.39, 0.29) is 50.5 Å². The predicted molar refractivity (Wildman–Crippen MR) is 219 cm³/mol. The molecule has 2 aliphatic carbocycles. The Morgan fingerprint density at radius 3 is 2.42 bits per heavy atom. The summed E-state index contributed by atoms with van der Waals surface area (Å²) in [4.78, 5) is 33.3. The van der Waals surface area contributed by atoms with Crippen LogP contribution in [0, 0.1) is 23.6 Å². The third-order valence-corrected chi connectivity index (χ3v) is 11.6. The number of nitrogens with zero attached hydrogens (tertiary/aromatic N) is 2. The summed E-state index contributed by atoms with van der Waals surface area (Å²) in [6.07, 6.45) is 8.49. The summed E-state index contributed by atoms with van der Waals surface area (Å²) >= 11 is 0. The zero-order valence-corrected chi connectivity index (χ0v) is 34.0. The lowest BCUT2D eigenvalue weighted by Gasteiger charge is -2.59. The van der Waals surface area contributed by atoms with Crippen LogP contribution in [-0.2, 0) is 20.9 Å². The van der Waals surface area contributed by atoms with E-state index < -0.39 is 29.7 Å². The number of unbranched alkanes of at least 4 members (excludes halogenated alkanes) is 2. The first-order valence-electron chi connectivity index (χ1n) is 20.4. The lowest BCUT2D eigenvalue weighted by Crippen LogP contribution is -2.70. The van der Waals surface area contributed by atoms with Gasteiger partial charge in [-0.15, -0.1) is 6.58 Å². The number of aliphatic hydroxyl groups is 2. The minimum absolute atomic E-state index is 0.0166. The van der Waals surface area contributed by atoms with E-state index in [1.807, 2.05) is 19.1 Å². The number of amides is 1. The first-order valence-corrected chi connectivity index (χ1v) is 20.4. The molecule has 3 aromatic carbocycles. The van der Waals surface area contributed by atoms with Crippen molar-refractivity contribution in [3.8, 4) is 23.0 Å². The fourth-order valence-electron chi connectivity index (χ4n) is 9.06. The fraction of sp³-hybridized carbons (Fsp3) is 0.457. The second-order valence-corrected chi connectivity index (χ2v) is 15.0. The Hall–Kier alpha value is -5.24. The normalized spacial score (nSPS) is 23.5. The Morgan fingerprint density at radius 1 is 1.02 bits per heavy atom. The van der Waals surface area contributed by atoms with Gasteiger partial charge in [-0.05, 0) is 104 Å². The number of methoxy groups -OCH3 is 2. The number of ether oxygens (including phenoxy) is 5. The zero-order chi connectivity index (χ0) is 41.9. The summed E-state index contributed by atoms with van der Waals surface area (Å²) in [6, 6.07) is 15.8. The van der Waals surface area contributed by atoms with Gasteiger partial charge in [-0.2, -0.15) is 0 Å². The Bertz CT molecular complexity index is 1990. The predicted octanol–water partition coefficient (Wildman–Crippen LogP) is 8.36. The second kappa shape index (κ2) is 20.1. The lowest BCUT2D eigenvalue weighted by molar-refractivity contribution is -0.256. The van der Waals surface area contributed by atoms with Gasteiger partial charge in [0.05, 0.1) is 38.0 Å². The molecule has 1 fully saturated rings. The molecule has 1 heterocycles. The molecule has 13 heteroatoms. The summed E-state index contributed by atoms with van der Waals surface area (Å²) in [6.45, 7) is 6.40. The Morgan fingerprint density at radius 2 is 1.75 bits per heavy atom. The zero-order valence-electron chi connectivity index (χ0n) is 34.0. The number of oxime groups is 1. The third kappa shape index (κ3) is 9.32. The van der Waals surface area contributed by atoms with Crippen LogP contribution >= 0.6 is 0 Å². The molecule has 59 heavy (non-hydrogen) atoms. The summed E-state index contributed by atoms with van der Waals surface area (Å²) in [5.74, 6) is -0.840. The fourth-order valence-corrected chi connectivity index (χ4v) is 9.06. The minimum Gasteiger partial charge on any atom is -0.496 e. The van der Waals surface area contributed by atoms with E-state index in [4.69, 9.17) is 33.7 Å². The van der Waals surface area contributed by atoms with Crippen LogP contribution < -0.4 is 14.2 Å². The number of fused-ring (bicyclic) bond motifs is 2. The second-order valence-electron chi connectivity index (χ2n) is 15.0. The SMILES string of the molecule is C=CCOC12Oc3ccc(Oc4ccc(OC)c(C=O)c4)cc3C3C(CCCCO)C(CCCCO)C=C(C(=NOCC)CC1N(Cc1ccc(F)cc1)C(=O)OC)C32. The van der Waals surface area contributed by atoms with Crippen molar-refractivity contribution >= 4 is 18.1 Å². The van der Waals surface area contributed by atoms with Gasteiger partial charge >= 0.3 is 6.09 Å². The average molecular weight is 815 g/mol. The van der Waals surface area contributed by atoms with Crippen molar-refractivity contribution in [3.05, 3.63) is 107 Å². The van der Waals surface area contributed by atoms with Crippen molar-refractivity contribution in [3.63, 3.8) is 0 Å². The molecule has 6 rings (SSSR count). The van der Waals surface area contributed by atoms with Gasteiger partial charge in [0.15, 0.2) is 6.29 Å². The van der Waals surface area contributed by atoms with Crippen molar-refractivity contribution in [2.75, 3.05) is 40.6 Å². The summed E-state index contributed by atoms with van der Waals surface area (Å²) in [5.41, 5.74) is 3.39. The molecule has 6 unspecified atom stereocenters. The number of rotatable bonds is 20. The number of halogens is 1. The van der Waals surface area contributed by atoms with Crippen LogP contribution in [0.25, 0.3) is 0 Å². The molecule has 0 saturated heterocycles. The largest absolute Gasteiger partial charge is 0.496 e. The summed E-state index contributed by atoms with van der Waals surface area (Å²) in [7, 11) is 2.82. The Labute approximate surface area is 345 Å². The van der Waals surface area contributed by atoms with Gasteiger partial charge in [-0.25, -0.2) is 9.18 Å². The van der Waals surface area contributed by atoms with Crippen LogP contribution in [0.1, 0.15) is 79.3 Å². The van der Waals surface area contributed by atoms with Crippen molar-refractivity contribution in [2.24, 2.45) is 22.9 Å². The van der Waals surface area contributed by atoms with Gasteiger partial charge in [-0.3, -0.25) is 9.69 Å². The number of aliphatic hydroxyl groups excluding tert-OH is 2. The highest BCUT2D eigenvalue weighted by molar-refractivity contribution is 6.03. The van der Waals surface area contributed by atoms with Crippen molar-refractivity contribution in [2.45, 2.75) is 76.2 Å². The highest BCUT2D eigenvalue weighted by Gasteiger charge is 2.65. The van der Waals surface area contributed by atoms with Gasteiger partial charge in [0.1, 0.15) is 41.5 Å². The van der Waals surface area contributed by atoms with Gasteiger partial charge in [-0.1, -0.05) is 42.3 Å². The number of hydrogen-bond acceptors (Lipinski definition) is 11. The van der Waals surface area contributed by atoms with E-state index in [9.17, 15) is 24.2 Å². The number of allylic oxidation sites excluding steroid dienone is 1. The molecule has 0 bridgehead atoms. The van der Waals surface area contributed by atoms with Crippen molar-refractivity contribution in [1.82, 2.24) is 4.90 Å². The maximum atomic E-state index is 14.1. The Kier molecular flexibility index (Phi) is 14.8. The van der Waals surface area contributed by atoms with E-state index in [1.165, 1.54) is 26.4 Å². The molecule has 0 radical (unpaired) electrons. The lowest BCUT2D eigenvalue weighted by atomic mass is 9.55. The van der Waals surface area contributed by atoms with E-state index in [0.29, 0.717) is 65.6 Å². The smallest absolute Gasteiger partial charge is 0.410 e. The average Bonchev–Trinajstić information content (AvgIpc) is 3.25. The van der Waals surface area contributed by atoms with Crippen LogP contribution in [-0.4, -0.2) is 85.7 Å². The minimum atomic E-state index is -1.51. The first kappa shape index (κ1) is 43.3. The quantitative estimate of drug-likeness (QED) is 0.0494. The third-order valence-electron chi connectivity index (χ3n) is 11.6. The molecule has 2 N–H and O–H groups in total. The van der Waals surface area contributed by atoms with Crippen LogP contribution in [0.3, 0.4) is 0 Å². The summed E-state index contributed by atoms with van der Waals surface area (Å²) < 4.78 is 45.5. The van der Waals surface area contributed by atoms with Crippen LogP contribution in [0.2, 0.25) is 0 Å². The molecule has 0 spiro atoms.